The molecule has 0 aliphatic carbocycles. The second-order valence-corrected chi connectivity index (χ2v) is 7.06. The fourth-order valence-electron chi connectivity index (χ4n) is 1.59. The molecule has 22 heavy (non-hydrogen) atoms. The zero-order chi connectivity index (χ0) is 16.3. The average Bonchev–Trinajstić information content (AvgIpc) is 2.41. The van der Waals surface area contributed by atoms with Gasteiger partial charge in [0, 0.05) is 8.59 Å². The highest BCUT2D eigenvalue weighted by molar-refractivity contribution is 14.1. The van der Waals surface area contributed by atoms with Crippen LogP contribution in [0.25, 0.3) is 0 Å². The smallest absolute Gasteiger partial charge is 0.258 e. The maximum absolute atomic E-state index is 12.1. The first-order valence-electron chi connectivity index (χ1n) is 5.89. The van der Waals surface area contributed by atoms with Crippen LogP contribution in [0.2, 0.25) is 15.1 Å². The van der Waals surface area contributed by atoms with E-state index in [1.165, 1.54) is 12.1 Å². The molecule has 0 fully saturated rings. The standard InChI is InChI=1S/C14H8Cl3IN2OS/c15-7-1-3-9(10(16)5-7)13(21)20-14(22)19-12-4-2-8(18)6-11(12)17/h1-6H,(H2,19,20,21,22). The van der Waals surface area contributed by atoms with Crippen molar-refractivity contribution >= 4 is 86.3 Å². The Morgan fingerprint density at radius 2 is 1.77 bits per heavy atom. The van der Waals surface area contributed by atoms with Crippen molar-refractivity contribution < 1.29 is 4.79 Å². The predicted molar refractivity (Wildman–Crippen MR) is 104 cm³/mol. The molecule has 0 aliphatic heterocycles. The quantitative estimate of drug-likeness (QED) is 0.444. The number of hydrogen-bond acceptors (Lipinski definition) is 2. The number of rotatable bonds is 2. The Morgan fingerprint density at radius 1 is 1.05 bits per heavy atom. The van der Waals surface area contributed by atoms with Gasteiger partial charge < -0.3 is 5.32 Å². The molecule has 0 aliphatic rings. The lowest BCUT2D eigenvalue weighted by Crippen LogP contribution is -2.34. The van der Waals surface area contributed by atoms with Crippen LogP contribution in [0, 0.1) is 3.57 Å². The van der Waals surface area contributed by atoms with Crippen molar-refractivity contribution in [2.45, 2.75) is 0 Å². The minimum Gasteiger partial charge on any atom is -0.331 e. The summed E-state index contributed by atoms with van der Waals surface area (Å²) in [6.07, 6.45) is 0. The van der Waals surface area contributed by atoms with Gasteiger partial charge >= 0.3 is 0 Å². The van der Waals surface area contributed by atoms with E-state index >= 15 is 0 Å². The number of anilines is 1. The fraction of sp³-hybridized carbons (Fsp3) is 0. The molecule has 0 saturated carbocycles. The van der Waals surface area contributed by atoms with Crippen molar-refractivity contribution in [1.82, 2.24) is 5.32 Å². The first-order chi connectivity index (χ1) is 10.4. The maximum atomic E-state index is 12.1. The van der Waals surface area contributed by atoms with E-state index in [1.807, 2.05) is 6.07 Å². The van der Waals surface area contributed by atoms with E-state index in [4.69, 9.17) is 47.0 Å². The largest absolute Gasteiger partial charge is 0.331 e. The third kappa shape index (κ3) is 4.70. The lowest BCUT2D eigenvalue weighted by molar-refractivity contribution is 0.0978. The molecule has 0 radical (unpaired) electrons. The highest BCUT2D eigenvalue weighted by Gasteiger charge is 2.13. The second-order valence-electron chi connectivity index (χ2n) is 4.16. The van der Waals surface area contributed by atoms with Gasteiger partial charge in [-0.15, -0.1) is 0 Å². The van der Waals surface area contributed by atoms with Gasteiger partial charge in [0.1, 0.15) is 0 Å². The van der Waals surface area contributed by atoms with E-state index in [2.05, 4.69) is 33.2 Å². The fourth-order valence-corrected chi connectivity index (χ4v) is 3.19. The Balaban J connectivity index is 2.06. The molecule has 0 spiro atoms. The van der Waals surface area contributed by atoms with Gasteiger partial charge in [0.2, 0.25) is 0 Å². The minimum atomic E-state index is -0.430. The Morgan fingerprint density at radius 3 is 2.41 bits per heavy atom. The Bertz CT molecular complexity index is 755. The molecule has 2 aromatic rings. The van der Waals surface area contributed by atoms with Crippen LogP contribution in [0.1, 0.15) is 10.4 Å². The molecule has 114 valence electrons. The van der Waals surface area contributed by atoms with Crippen LogP contribution < -0.4 is 10.6 Å². The van der Waals surface area contributed by atoms with Gasteiger partial charge in [-0.25, -0.2) is 0 Å². The number of benzene rings is 2. The summed E-state index contributed by atoms with van der Waals surface area (Å²) in [4.78, 5) is 12.1. The average molecular weight is 486 g/mol. The van der Waals surface area contributed by atoms with Gasteiger partial charge in [0.25, 0.3) is 5.91 Å². The van der Waals surface area contributed by atoms with Gasteiger partial charge in [-0.1, -0.05) is 34.8 Å². The molecule has 0 unspecified atom stereocenters. The molecule has 0 bridgehead atoms. The van der Waals surface area contributed by atoms with Crippen LogP contribution in [0.3, 0.4) is 0 Å². The highest BCUT2D eigenvalue weighted by atomic mass is 127. The first kappa shape index (κ1) is 17.7. The predicted octanol–water partition coefficient (Wildman–Crippen LogP) is 5.38. The van der Waals surface area contributed by atoms with Crippen molar-refractivity contribution in [3.8, 4) is 0 Å². The lowest BCUT2D eigenvalue weighted by atomic mass is 10.2. The Labute approximate surface area is 161 Å². The first-order valence-corrected chi connectivity index (χ1v) is 8.51. The topological polar surface area (TPSA) is 41.1 Å². The summed E-state index contributed by atoms with van der Waals surface area (Å²) in [7, 11) is 0. The summed E-state index contributed by atoms with van der Waals surface area (Å²) in [5.74, 6) is -0.430. The van der Waals surface area contributed by atoms with E-state index in [-0.39, 0.29) is 15.7 Å². The normalized spacial score (nSPS) is 10.2. The summed E-state index contributed by atoms with van der Waals surface area (Å²) in [6.45, 7) is 0. The van der Waals surface area contributed by atoms with Gasteiger partial charge in [0.15, 0.2) is 5.11 Å². The zero-order valence-electron chi connectivity index (χ0n) is 10.8. The summed E-state index contributed by atoms with van der Waals surface area (Å²) < 4.78 is 0.996. The summed E-state index contributed by atoms with van der Waals surface area (Å²) in [5.41, 5.74) is 0.888. The van der Waals surface area contributed by atoms with Crippen LogP contribution in [0.5, 0.6) is 0 Å². The minimum absolute atomic E-state index is 0.124. The third-order valence-corrected chi connectivity index (χ3v) is 4.32. The molecule has 0 aromatic heterocycles. The second kappa shape index (κ2) is 7.79. The Kier molecular flexibility index (Phi) is 6.28. The molecule has 1 amide bonds. The number of thiocarbonyl (C=S) groups is 1. The highest BCUT2D eigenvalue weighted by Crippen LogP contribution is 2.24. The molecule has 0 heterocycles. The number of nitrogens with one attached hydrogen (secondary N) is 2. The van der Waals surface area contributed by atoms with E-state index < -0.39 is 5.91 Å². The SMILES string of the molecule is O=C(NC(=S)Nc1ccc(I)cc1Cl)c1ccc(Cl)cc1Cl. The summed E-state index contributed by atoms with van der Waals surface area (Å²) >= 11 is 25.1. The van der Waals surface area contributed by atoms with Gasteiger partial charge in [-0.2, -0.15) is 0 Å². The molecule has 2 N–H and O–H groups in total. The molecule has 2 rings (SSSR count). The number of carbonyl (C=O) groups excluding carboxylic acids is 1. The maximum Gasteiger partial charge on any atom is 0.258 e. The zero-order valence-corrected chi connectivity index (χ0v) is 16.0. The Hall–Kier alpha value is -0.600. The third-order valence-electron chi connectivity index (χ3n) is 2.58. The van der Waals surface area contributed by atoms with Gasteiger partial charge in [0.05, 0.1) is 21.3 Å². The number of hydrogen-bond donors (Lipinski definition) is 2. The van der Waals surface area contributed by atoms with Crippen LogP contribution >= 0.6 is 69.6 Å². The van der Waals surface area contributed by atoms with Crippen molar-refractivity contribution in [1.29, 1.82) is 0 Å². The van der Waals surface area contributed by atoms with Crippen molar-refractivity contribution in [3.63, 3.8) is 0 Å². The van der Waals surface area contributed by atoms with Crippen LogP contribution in [0.4, 0.5) is 5.69 Å². The summed E-state index contributed by atoms with van der Waals surface area (Å²) in [6, 6.07) is 10.0. The molecule has 0 atom stereocenters. The van der Waals surface area contributed by atoms with Crippen molar-refractivity contribution in [2.75, 3.05) is 5.32 Å². The molecule has 2 aromatic carbocycles. The molecule has 0 saturated heterocycles. The molecule has 8 heteroatoms. The van der Waals surface area contributed by atoms with Crippen molar-refractivity contribution in [2.24, 2.45) is 0 Å². The van der Waals surface area contributed by atoms with Crippen LogP contribution in [0.15, 0.2) is 36.4 Å². The number of amides is 1. The summed E-state index contributed by atoms with van der Waals surface area (Å²) in [5, 5.41) is 6.74. The van der Waals surface area contributed by atoms with Crippen LogP contribution in [-0.4, -0.2) is 11.0 Å². The van der Waals surface area contributed by atoms with Gasteiger partial charge in [-0.3, -0.25) is 10.1 Å². The number of carbonyl (C=O) groups is 1. The van der Waals surface area contributed by atoms with E-state index in [0.717, 1.165) is 3.57 Å². The monoisotopic (exact) mass is 484 g/mol. The molecule has 3 nitrogen and oxygen atoms in total. The van der Waals surface area contributed by atoms with E-state index in [1.54, 1.807) is 18.2 Å². The molecular weight excluding hydrogens is 477 g/mol. The van der Waals surface area contributed by atoms with E-state index in [9.17, 15) is 4.79 Å². The van der Waals surface area contributed by atoms with Crippen molar-refractivity contribution in [3.05, 3.63) is 60.6 Å². The lowest BCUT2D eigenvalue weighted by Gasteiger charge is -2.11. The van der Waals surface area contributed by atoms with Gasteiger partial charge in [-0.05, 0) is 71.2 Å². The number of halogens is 4. The molecular formula is C14H8Cl3IN2OS. The van der Waals surface area contributed by atoms with E-state index in [0.29, 0.717) is 15.7 Å². The van der Waals surface area contributed by atoms with Crippen LogP contribution in [-0.2, 0) is 0 Å².